The number of aromatic nitrogens is 1. The number of carbonyl (C=O) groups excluding carboxylic acids is 1. The van der Waals surface area contributed by atoms with E-state index in [0.717, 1.165) is 26.1 Å². The molecule has 1 heterocycles. The predicted octanol–water partition coefficient (Wildman–Crippen LogP) is 0.800. The Morgan fingerprint density at radius 2 is 2.05 bits per heavy atom. The van der Waals surface area contributed by atoms with Crippen LogP contribution in [0.4, 0.5) is 0 Å². The van der Waals surface area contributed by atoms with E-state index in [0.29, 0.717) is 6.42 Å². The van der Waals surface area contributed by atoms with Gasteiger partial charge < -0.3 is 16.0 Å². The van der Waals surface area contributed by atoms with Gasteiger partial charge in [-0.2, -0.15) is 0 Å². The second-order valence-electron chi connectivity index (χ2n) is 5.39. The van der Waals surface area contributed by atoms with Crippen molar-refractivity contribution in [3.05, 3.63) is 30.1 Å². The fourth-order valence-electron chi connectivity index (χ4n) is 2.08. The van der Waals surface area contributed by atoms with Crippen molar-refractivity contribution < 1.29 is 4.79 Å². The number of likely N-dealkylation sites (N-methyl/N-ethyl adjacent to an activating group) is 2. The van der Waals surface area contributed by atoms with Crippen molar-refractivity contribution in [2.45, 2.75) is 32.2 Å². The second-order valence-corrected chi connectivity index (χ2v) is 5.39. The Hall–Kier alpha value is -1.46. The first-order valence-electron chi connectivity index (χ1n) is 7.10. The van der Waals surface area contributed by atoms with Crippen molar-refractivity contribution in [1.29, 1.82) is 0 Å². The Bertz CT molecular complexity index is 410. The van der Waals surface area contributed by atoms with E-state index in [1.54, 1.807) is 0 Å². The lowest BCUT2D eigenvalue weighted by atomic mass is 9.96. The van der Waals surface area contributed by atoms with E-state index in [-0.39, 0.29) is 5.91 Å². The van der Waals surface area contributed by atoms with Crippen molar-refractivity contribution in [2.24, 2.45) is 5.73 Å². The number of hydrogen-bond donors (Lipinski definition) is 2. The Morgan fingerprint density at radius 3 is 2.60 bits per heavy atom. The van der Waals surface area contributed by atoms with Crippen molar-refractivity contribution in [2.75, 3.05) is 26.7 Å². The quantitative estimate of drug-likeness (QED) is 0.701. The zero-order chi connectivity index (χ0) is 15.0. The van der Waals surface area contributed by atoms with Crippen LogP contribution in [0.15, 0.2) is 24.5 Å². The van der Waals surface area contributed by atoms with Gasteiger partial charge in [0, 0.05) is 25.5 Å². The number of rotatable bonds is 9. The normalized spacial score (nSPS) is 14.2. The Balaban J connectivity index is 2.38. The van der Waals surface area contributed by atoms with E-state index in [2.05, 4.69) is 22.2 Å². The Morgan fingerprint density at radius 1 is 1.40 bits per heavy atom. The second kappa shape index (κ2) is 7.97. The molecule has 20 heavy (non-hydrogen) atoms. The summed E-state index contributed by atoms with van der Waals surface area (Å²) in [5.41, 5.74) is 6.13. The highest BCUT2D eigenvalue weighted by Crippen LogP contribution is 2.10. The van der Waals surface area contributed by atoms with Crippen molar-refractivity contribution >= 4 is 5.91 Å². The lowest BCUT2D eigenvalue weighted by Crippen LogP contribution is -2.54. The van der Waals surface area contributed by atoms with Crippen LogP contribution in [0.25, 0.3) is 0 Å². The molecule has 5 nitrogen and oxygen atoms in total. The first-order chi connectivity index (χ1) is 9.48. The van der Waals surface area contributed by atoms with Crippen LogP contribution in [0.1, 0.15) is 25.8 Å². The van der Waals surface area contributed by atoms with Crippen LogP contribution in [-0.2, 0) is 11.2 Å². The van der Waals surface area contributed by atoms with Gasteiger partial charge in [-0.3, -0.25) is 9.78 Å². The molecule has 1 unspecified atom stereocenters. The van der Waals surface area contributed by atoms with Crippen LogP contribution in [0, 0.1) is 0 Å². The zero-order valence-electron chi connectivity index (χ0n) is 12.7. The van der Waals surface area contributed by atoms with Gasteiger partial charge in [0.2, 0.25) is 5.91 Å². The number of nitrogens with two attached hydrogens (primary N) is 1. The maximum Gasteiger partial charge on any atom is 0.237 e. The van der Waals surface area contributed by atoms with Gasteiger partial charge in [0.1, 0.15) is 0 Å². The maximum absolute atomic E-state index is 11.5. The molecule has 0 aliphatic heterocycles. The molecule has 1 aromatic rings. The molecular formula is C15H26N4O. The SMILES string of the molecule is CCNC(C)(CCN(C)CCc1ccncc1)C(N)=O. The van der Waals surface area contributed by atoms with Crippen LogP contribution in [0.3, 0.4) is 0 Å². The molecule has 0 fully saturated rings. The van der Waals surface area contributed by atoms with E-state index in [1.807, 2.05) is 38.4 Å². The van der Waals surface area contributed by atoms with Gasteiger partial charge in [0.25, 0.3) is 0 Å². The van der Waals surface area contributed by atoms with E-state index in [4.69, 9.17) is 5.73 Å². The van der Waals surface area contributed by atoms with Crippen LogP contribution >= 0.6 is 0 Å². The molecular weight excluding hydrogens is 252 g/mol. The van der Waals surface area contributed by atoms with E-state index >= 15 is 0 Å². The van der Waals surface area contributed by atoms with E-state index in [1.165, 1.54) is 5.56 Å². The van der Waals surface area contributed by atoms with E-state index < -0.39 is 5.54 Å². The van der Waals surface area contributed by atoms with Crippen LogP contribution in [0.5, 0.6) is 0 Å². The van der Waals surface area contributed by atoms with Crippen molar-refractivity contribution in [3.8, 4) is 0 Å². The molecule has 0 aromatic carbocycles. The third-order valence-corrected chi connectivity index (χ3v) is 3.64. The maximum atomic E-state index is 11.5. The summed E-state index contributed by atoms with van der Waals surface area (Å²) in [6.45, 7) is 6.37. The van der Waals surface area contributed by atoms with Crippen LogP contribution in [0.2, 0.25) is 0 Å². The highest BCUT2D eigenvalue weighted by atomic mass is 16.1. The Kier molecular flexibility index (Phi) is 6.61. The summed E-state index contributed by atoms with van der Waals surface area (Å²) >= 11 is 0. The van der Waals surface area contributed by atoms with Gasteiger partial charge in [-0.1, -0.05) is 6.92 Å². The molecule has 5 heteroatoms. The minimum absolute atomic E-state index is 0.290. The third-order valence-electron chi connectivity index (χ3n) is 3.64. The van der Waals surface area contributed by atoms with E-state index in [9.17, 15) is 4.79 Å². The fraction of sp³-hybridized carbons (Fsp3) is 0.600. The number of pyridine rings is 1. The van der Waals surface area contributed by atoms with Crippen LogP contribution < -0.4 is 11.1 Å². The summed E-state index contributed by atoms with van der Waals surface area (Å²) in [6, 6.07) is 4.06. The highest BCUT2D eigenvalue weighted by Gasteiger charge is 2.29. The van der Waals surface area contributed by atoms with Gasteiger partial charge >= 0.3 is 0 Å². The van der Waals surface area contributed by atoms with Gasteiger partial charge in [-0.15, -0.1) is 0 Å². The molecule has 0 aliphatic carbocycles. The molecule has 0 saturated carbocycles. The largest absolute Gasteiger partial charge is 0.368 e. The molecule has 112 valence electrons. The summed E-state index contributed by atoms with van der Waals surface area (Å²) in [5, 5.41) is 3.18. The van der Waals surface area contributed by atoms with Gasteiger partial charge in [-0.25, -0.2) is 0 Å². The van der Waals surface area contributed by atoms with Crippen LogP contribution in [-0.4, -0.2) is 48.0 Å². The molecule has 1 atom stereocenters. The van der Waals surface area contributed by atoms with Gasteiger partial charge in [0.15, 0.2) is 0 Å². The number of hydrogen-bond acceptors (Lipinski definition) is 4. The molecule has 0 bridgehead atoms. The number of primary amides is 1. The van der Waals surface area contributed by atoms with Crippen molar-refractivity contribution in [1.82, 2.24) is 15.2 Å². The fourth-order valence-corrected chi connectivity index (χ4v) is 2.08. The first kappa shape index (κ1) is 16.6. The molecule has 3 N–H and O–H groups in total. The monoisotopic (exact) mass is 278 g/mol. The molecule has 1 amide bonds. The topological polar surface area (TPSA) is 71.2 Å². The molecule has 1 aromatic heterocycles. The van der Waals surface area contributed by atoms with Gasteiger partial charge in [0.05, 0.1) is 5.54 Å². The summed E-state index contributed by atoms with van der Waals surface area (Å²) in [6.07, 6.45) is 5.31. The average molecular weight is 278 g/mol. The molecule has 0 radical (unpaired) electrons. The smallest absolute Gasteiger partial charge is 0.237 e. The van der Waals surface area contributed by atoms with Crippen molar-refractivity contribution in [3.63, 3.8) is 0 Å². The number of amides is 1. The predicted molar refractivity (Wildman–Crippen MR) is 81.3 cm³/mol. The third kappa shape index (κ3) is 5.27. The van der Waals surface area contributed by atoms with Gasteiger partial charge in [-0.05, 0) is 51.1 Å². The highest BCUT2D eigenvalue weighted by molar-refractivity contribution is 5.84. The summed E-state index contributed by atoms with van der Waals surface area (Å²) < 4.78 is 0. The molecule has 0 spiro atoms. The standard InChI is InChI=1S/C15H26N4O/c1-4-18-15(2,14(16)20)8-12-19(3)11-7-13-5-9-17-10-6-13/h5-6,9-10,18H,4,7-8,11-12H2,1-3H3,(H2,16,20). The average Bonchev–Trinajstić information content (AvgIpc) is 2.44. The zero-order valence-corrected chi connectivity index (χ0v) is 12.7. The summed E-state index contributed by atoms with van der Waals surface area (Å²) in [4.78, 5) is 17.8. The minimum atomic E-state index is -0.625. The number of nitrogens with one attached hydrogen (secondary N) is 1. The summed E-state index contributed by atoms with van der Waals surface area (Å²) in [7, 11) is 2.06. The Labute approximate surface area is 121 Å². The molecule has 1 rings (SSSR count). The first-order valence-corrected chi connectivity index (χ1v) is 7.10. The lowest BCUT2D eigenvalue weighted by molar-refractivity contribution is -0.124. The lowest BCUT2D eigenvalue weighted by Gasteiger charge is -2.29. The summed E-state index contributed by atoms with van der Waals surface area (Å²) in [5.74, 6) is -0.290. The molecule has 0 aliphatic rings. The minimum Gasteiger partial charge on any atom is -0.368 e. The number of nitrogens with zero attached hydrogens (tertiary/aromatic N) is 2. The number of carbonyl (C=O) groups is 1. The molecule has 0 saturated heterocycles.